The van der Waals surface area contributed by atoms with Crippen LogP contribution in [0.5, 0.6) is 5.75 Å². The number of carbonyl (C=O) groups is 1. The average Bonchev–Trinajstić information content (AvgIpc) is 3.10. The van der Waals surface area contributed by atoms with Gasteiger partial charge in [-0.1, -0.05) is 19.1 Å². The van der Waals surface area contributed by atoms with E-state index in [2.05, 4.69) is 4.98 Å². The summed E-state index contributed by atoms with van der Waals surface area (Å²) in [7, 11) is 0. The van der Waals surface area contributed by atoms with Gasteiger partial charge in [0.15, 0.2) is 0 Å². The molecule has 1 aromatic heterocycles. The molecule has 8 heteroatoms. The highest BCUT2D eigenvalue weighted by Crippen LogP contribution is 2.31. The number of hydrogen-bond acceptors (Lipinski definition) is 4. The zero-order valence-electron chi connectivity index (χ0n) is 16.9. The smallest absolute Gasteiger partial charge is 0.416 e. The van der Waals surface area contributed by atoms with Gasteiger partial charge in [-0.15, -0.1) is 0 Å². The Hall–Kier alpha value is -3.55. The summed E-state index contributed by atoms with van der Waals surface area (Å²) in [6, 6.07) is 11.6. The van der Waals surface area contributed by atoms with Crippen molar-refractivity contribution >= 4 is 11.5 Å². The third-order valence-corrected chi connectivity index (χ3v) is 4.61. The van der Waals surface area contributed by atoms with Gasteiger partial charge in [-0.25, -0.2) is 9.78 Å². The van der Waals surface area contributed by atoms with Crippen molar-refractivity contribution in [1.29, 1.82) is 0 Å². The molecule has 0 atom stereocenters. The topological polar surface area (TPSA) is 72.6 Å². The first-order chi connectivity index (χ1) is 14.7. The first-order valence-corrected chi connectivity index (χ1v) is 9.48. The van der Waals surface area contributed by atoms with Crippen molar-refractivity contribution in [2.45, 2.75) is 33.1 Å². The summed E-state index contributed by atoms with van der Waals surface area (Å²) < 4.78 is 49.6. The van der Waals surface area contributed by atoms with Crippen LogP contribution in [0.2, 0.25) is 0 Å². The van der Waals surface area contributed by atoms with Crippen molar-refractivity contribution in [3.05, 3.63) is 77.2 Å². The number of aromatic nitrogens is 1. The normalized spacial score (nSPS) is 12.1. The van der Waals surface area contributed by atoms with Gasteiger partial charge in [0.25, 0.3) is 0 Å². The first-order valence-electron chi connectivity index (χ1n) is 9.48. The number of halogens is 3. The van der Waals surface area contributed by atoms with Crippen LogP contribution in [-0.4, -0.2) is 16.1 Å². The number of aryl methyl sites for hydroxylation is 1. The average molecular weight is 431 g/mol. The zero-order chi connectivity index (χ0) is 22.6. The highest BCUT2D eigenvalue weighted by Gasteiger charge is 2.30. The predicted octanol–water partition coefficient (Wildman–Crippen LogP) is 6.13. The molecule has 0 spiro atoms. The molecule has 0 radical (unpaired) electrons. The molecule has 0 amide bonds. The minimum atomic E-state index is -4.41. The van der Waals surface area contributed by atoms with Crippen molar-refractivity contribution in [1.82, 2.24) is 4.98 Å². The SMILES string of the molecule is CC/C(=C/C(=O)O)c1cccc(OCc2nc(-c3ccc(C(F)(F)F)cc3)oc2C)c1. The largest absolute Gasteiger partial charge is 0.487 e. The molecular weight excluding hydrogens is 411 g/mol. The summed E-state index contributed by atoms with van der Waals surface area (Å²) in [6.07, 6.45) is -2.69. The van der Waals surface area contributed by atoms with Crippen LogP contribution in [-0.2, 0) is 17.6 Å². The van der Waals surface area contributed by atoms with Gasteiger partial charge in [0.05, 0.1) is 5.56 Å². The summed E-state index contributed by atoms with van der Waals surface area (Å²) in [6.45, 7) is 3.65. The molecule has 5 nitrogen and oxygen atoms in total. The summed E-state index contributed by atoms with van der Waals surface area (Å²) in [5, 5.41) is 9.00. The maximum absolute atomic E-state index is 12.7. The van der Waals surface area contributed by atoms with E-state index in [-0.39, 0.29) is 12.5 Å². The second-order valence-corrected chi connectivity index (χ2v) is 6.77. The van der Waals surface area contributed by atoms with Crippen molar-refractivity contribution < 1.29 is 32.2 Å². The molecule has 0 aliphatic heterocycles. The molecule has 3 aromatic rings. The number of aliphatic carboxylic acids is 1. The molecular formula is C23H20F3NO4. The number of carboxylic acid groups (broad SMARTS) is 1. The lowest BCUT2D eigenvalue weighted by atomic mass is 10.0. The maximum Gasteiger partial charge on any atom is 0.416 e. The van der Waals surface area contributed by atoms with E-state index in [1.165, 1.54) is 12.1 Å². The first kappa shape index (κ1) is 22.1. The molecule has 0 aliphatic carbocycles. The van der Waals surface area contributed by atoms with Crippen molar-refractivity contribution in [2.24, 2.45) is 0 Å². The van der Waals surface area contributed by atoms with Crippen molar-refractivity contribution in [2.75, 3.05) is 0 Å². The zero-order valence-corrected chi connectivity index (χ0v) is 16.9. The molecule has 162 valence electrons. The third kappa shape index (κ3) is 5.53. The van der Waals surface area contributed by atoms with E-state index in [9.17, 15) is 18.0 Å². The second-order valence-electron chi connectivity index (χ2n) is 6.77. The summed E-state index contributed by atoms with van der Waals surface area (Å²) in [5.74, 6) is 0.209. The van der Waals surface area contributed by atoms with Gasteiger partial charge in [-0.3, -0.25) is 0 Å². The van der Waals surface area contributed by atoms with E-state index in [1.54, 1.807) is 31.2 Å². The lowest BCUT2D eigenvalue weighted by molar-refractivity contribution is -0.137. The highest BCUT2D eigenvalue weighted by molar-refractivity contribution is 5.90. The van der Waals surface area contributed by atoms with Gasteiger partial charge in [0, 0.05) is 11.6 Å². The molecule has 0 bridgehead atoms. The van der Waals surface area contributed by atoms with Crippen LogP contribution in [0.25, 0.3) is 17.0 Å². The minimum absolute atomic E-state index is 0.0868. The summed E-state index contributed by atoms with van der Waals surface area (Å²) in [4.78, 5) is 15.3. The van der Waals surface area contributed by atoms with Crippen molar-refractivity contribution in [3.8, 4) is 17.2 Å². The van der Waals surface area contributed by atoms with E-state index < -0.39 is 17.7 Å². The summed E-state index contributed by atoms with van der Waals surface area (Å²) in [5.41, 5.74) is 1.60. The van der Waals surface area contributed by atoms with Crippen molar-refractivity contribution in [3.63, 3.8) is 0 Å². The number of hydrogen-bond donors (Lipinski definition) is 1. The number of ether oxygens (including phenoxy) is 1. The van der Waals surface area contributed by atoms with E-state index in [4.69, 9.17) is 14.3 Å². The summed E-state index contributed by atoms with van der Waals surface area (Å²) >= 11 is 0. The Labute approximate surface area is 176 Å². The fraction of sp³-hybridized carbons (Fsp3) is 0.217. The number of benzene rings is 2. The molecule has 2 aromatic carbocycles. The fourth-order valence-corrected chi connectivity index (χ4v) is 2.96. The maximum atomic E-state index is 12.7. The fourth-order valence-electron chi connectivity index (χ4n) is 2.96. The lowest BCUT2D eigenvalue weighted by Crippen LogP contribution is -2.04. The third-order valence-electron chi connectivity index (χ3n) is 4.61. The number of allylic oxidation sites excluding steroid dienone is 1. The van der Waals surface area contributed by atoms with Gasteiger partial charge < -0.3 is 14.3 Å². The molecule has 0 unspecified atom stereocenters. The number of nitrogens with zero attached hydrogens (tertiary/aromatic N) is 1. The monoisotopic (exact) mass is 431 g/mol. The molecule has 0 fully saturated rings. The molecule has 0 aliphatic rings. The van der Waals surface area contributed by atoms with Gasteiger partial charge in [-0.05, 0) is 60.9 Å². The Morgan fingerprint density at radius 3 is 2.52 bits per heavy atom. The Bertz CT molecular complexity index is 1100. The van der Waals surface area contributed by atoms with Crippen LogP contribution >= 0.6 is 0 Å². The Balaban J connectivity index is 1.74. The van der Waals surface area contributed by atoms with E-state index in [0.717, 1.165) is 23.8 Å². The second kappa shape index (κ2) is 9.07. The number of rotatable bonds is 7. The number of alkyl halides is 3. The molecule has 0 saturated heterocycles. The van der Waals surface area contributed by atoms with Crippen LogP contribution in [0.3, 0.4) is 0 Å². The number of carboxylic acids is 1. The van der Waals surface area contributed by atoms with E-state index >= 15 is 0 Å². The predicted molar refractivity (Wildman–Crippen MR) is 108 cm³/mol. The number of oxazole rings is 1. The van der Waals surface area contributed by atoms with Gasteiger partial charge in [-0.2, -0.15) is 13.2 Å². The van der Waals surface area contributed by atoms with E-state index in [1.807, 2.05) is 6.92 Å². The minimum Gasteiger partial charge on any atom is -0.487 e. The van der Waals surface area contributed by atoms with Crippen LogP contribution in [0.15, 0.2) is 59.0 Å². The van der Waals surface area contributed by atoms with Crippen LogP contribution < -0.4 is 4.74 Å². The van der Waals surface area contributed by atoms with Crippen LogP contribution in [0, 0.1) is 6.92 Å². The van der Waals surface area contributed by atoms with Gasteiger partial charge in [0.2, 0.25) is 5.89 Å². The molecule has 0 saturated carbocycles. The highest BCUT2D eigenvalue weighted by atomic mass is 19.4. The molecule has 1 N–H and O–H groups in total. The molecule has 3 rings (SSSR count). The van der Waals surface area contributed by atoms with Gasteiger partial charge in [0.1, 0.15) is 23.8 Å². The standard InChI is InChI=1S/C23H20F3NO4/c1-3-15(12-21(28)29)17-5-4-6-19(11-17)30-13-20-14(2)31-22(27-20)16-7-9-18(10-8-16)23(24,25)26/h4-12H,3,13H2,1-2H3,(H,28,29)/b15-12-. The van der Waals surface area contributed by atoms with E-state index in [0.29, 0.717) is 34.8 Å². The molecule has 1 heterocycles. The van der Waals surface area contributed by atoms with Crippen LogP contribution in [0.1, 0.15) is 35.9 Å². The Morgan fingerprint density at radius 1 is 1.19 bits per heavy atom. The quantitative estimate of drug-likeness (QED) is 0.456. The molecule has 31 heavy (non-hydrogen) atoms. The lowest BCUT2D eigenvalue weighted by Gasteiger charge is -2.08. The van der Waals surface area contributed by atoms with Crippen LogP contribution in [0.4, 0.5) is 13.2 Å². The Morgan fingerprint density at radius 2 is 1.90 bits per heavy atom. The van der Waals surface area contributed by atoms with Gasteiger partial charge >= 0.3 is 12.1 Å². The Kier molecular flexibility index (Phi) is 6.48.